The van der Waals surface area contributed by atoms with E-state index in [0.29, 0.717) is 32.9 Å². The number of nitrogens with zero attached hydrogens (tertiary/aromatic N) is 2. The molecular formula is C10H25N2O4P. The predicted molar refractivity (Wildman–Crippen MR) is 68.2 cm³/mol. The smallest absolute Gasteiger partial charge is 0.307 e. The minimum atomic E-state index is -3.39. The van der Waals surface area contributed by atoms with Crippen molar-refractivity contribution in [1.29, 1.82) is 0 Å². The van der Waals surface area contributed by atoms with Crippen molar-refractivity contribution in [2.45, 2.75) is 6.92 Å². The van der Waals surface area contributed by atoms with Gasteiger partial charge >= 0.3 is 7.82 Å². The van der Waals surface area contributed by atoms with E-state index in [1.165, 1.54) is 0 Å². The van der Waals surface area contributed by atoms with Crippen LogP contribution in [-0.2, 0) is 18.1 Å². The highest BCUT2D eigenvalue weighted by molar-refractivity contribution is 7.48. The van der Waals surface area contributed by atoms with Crippen LogP contribution in [0.15, 0.2) is 0 Å². The van der Waals surface area contributed by atoms with Gasteiger partial charge in [0.2, 0.25) is 0 Å². The zero-order chi connectivity index (χ0) is 13.3. The van der Waals surface area contributed by atoms with Gasteiger partial charge in [-0.2, -0.15) is 0 Å². The highest BCUT2D eigenvalue weighted by Gasteiger charge is 2.25. The molecule has 0 rings (SSSR count). The second-order valence-corrected chi connectivity index (χ2v) is 5.81. The SMILES string of the molecule is CCOP(=O)(OCCN(C)C)OCCN(C)C. The van der Waals surface area contributed by atoms with Gasteiger partial charge in [-0.3, -0.25) is 13.6 Å². The molecule has 7 heteroatoms. The van der Waals surface area contributed by atoms with E-state index in [4.69, 9.17) is 13.6 Å². The van der Waals surface area contributed by atoms with Crippen LogP contribution in [0, 0.1) is 0 Å². The molecule has 0 saturated heterocycles. The molecule has 104 valence electrons. The topological polar surface area (TPSA) is 51.2 Å². The molecule has 0 aliphatic heterocycles. The first-order chi connectivity index (χ1) is 7.89. The Balaban J connectivity index is 4.02. The first kappa shape index (κ1) is 17.0. The van der Waals surface area contributed by atoms with Gasteiger partial charge in [0.05, 0.1) is 19.8 Å². The lowest BCUT2D eigenvalue weighted by Crippen LogP contribution is -2.20. The Morgan fingerprint density at radius 2 is 1.29 bits per heavy atom. The highest BCUT2D eigenvalue weighted by Crippen LogP contribution is 2.48. The van der Waals surface area contributed by atoms with Crippen molar-refractivity contribution >= 4 is 7.82 Å². The molecule has 0 radical (unpaired) electrons. The molecule has 0 bridgehead atoms. The van der Waals surface area contributed by atoms with Crippen molar-refractivity contribution in [2.75, 3.05) is 61.1 Å². The van der Waals surface area contributed by atoms with Gasteiger partial charge in [-0.1, -0.05) is 0 Å². The molecule has 0 amide bonds. The Bertz CT molecular complexity index is 218. The van der Waals surface area contributed by atoms with Crippen molar-refractivity contribution in [1.82, 2.24) is 9.80 Å². The fraction of sp³-hybridized carbons (Fsp3) is 1.00. The van der Waals surface area contributed by atoms with Crippen LogP contribution in [0.4, 0.5) is 0 Å². The third kappa shape index (κ3) is 9.71. The minimum absolute atomic E-state index is 0.307. The summed E-state index contributed by atoms with van der Waals surface area (Å²) in [4.78, 5) is 3.88. The molecule has 0 heterocycles. The number of hydrogen-bond acceptors (Lipinski definition) is 6. The molecule has 0 saturated carbocycles. The number of phosphoric ester groups is 1. The lowest BCUT2D eigenvalue weighted by Gasteiger charge is -2.19. The molecule has 0 aromatic rings. The van der Waals surface area contributed by atoms with Crippen molar-refractivity contribution in [2.24, 2.45) is 0 Å². The van der Waals surface area contributed by atoms with E-state index in [1.807, 2.05) is 38.0 Å². The van der Waals surface area contributed by atoms with E-state index in [-0.39, 0.29) is 0 Å². The van der Waals surface area contributed by atoms with Crippen LogP contribution < -0.4 is 0 Å². The van der Waals surface area contributed by atoms with Gasteiger partial charge in [-0.05, 0) is 35.1 Å². The lowest BCUT2D eigenvalue weighted by atomic mass is 10.6. The van der Waals surface area contributed by atoms with Crippen LogP contribution in [0.3, 0.4) is 0 Å². The van der Waals surface area contributed by atoms with Gasteiger partial charge in [0.15, 0.2) is 0 Å². The summed E-state index contributed by atoms with van der Waals surface area (Å²) in [7, 11) is 4.29. The summed E-state index contributed by atoms with van der Waals surface area (Å²) in [5.74, 6) is 0. The standard InChI is InChI=1S/C10H25N2O4P/c1-6-14-17(13,15-9-7-11(2)3)16-10-8-12(4)5/h6-10H2,1-5H3. The summed E-state index contributed by atoms with van der Waals surface area (Å²) in [6, 6.07) is 0. The predicted octanol–water partition coefficient (Wildman–Crippen LogP) is 1.29. The Hall–Kier alpha value is 0.0300. The number of hydrogen-bond donors (Lipinski definition) is 0. The first-order valence-corrected chi connectivity index (χ1v) is 7.19. The van der Waals surface area contributed by atoms with Crippen molar-refractivity contribution < 1.29 is 18.1 Å². The fourth-order valence-electron chi connectivity index (χ4n) is 0.940. The molecule has 0 aromatic heterocycles. The summed E-state index contributed by atoms with van der Waals surface area (Å²) >= 11 is 0. The summed E-state index contributed by atoms with van der Waals surface area (Å²) in [5.41, 5.74) is 0. The van der Waals surface area contributed by atoms with Crippen LogP contribution in [0.2, 0.25) is 0 Å². The van der Waals surface area contributed by atoms with E-state index in [2.05, 4.69) is 0 Å². The van der Waals surface area contributed by atoms with Gasteiger partial charge < -0.3 is 9.80 Å². The third-order valence-electron chi connectivity index (χ3n) is 1.86. The molecule has 6 nitrogen and oxygen atoms in total. The zero-order valence-corrected chi connectivity index (χ0v) is 12.4. The van der Waals surface area contributed by atoms with Crippen molar-refractivity contribution in [3.8, 4) is 0 Å². The molecule has 0 fully saturated rings. The fourth-order valence-corrected chi connectivity index (χ4v) is 2.09. The molecule has 0 spiro atoms. The molecule has 0 atom stereocenters. The molecule has 0 aromatic carbocycles. The lowest BCUT2D eigenvalue weighted by molar-refractivity contribution is 0.106. The Kier molecular flexibility index (Phi) is 9.04. The molecule has 0 aliphatic carbocycles. The van der Waals surface area contributed by atoms with Crippen molar-refractivity contribution in [3.63, 3.8) is 0 Å². The Morgan fingerprint density at radius 1 is 0.882 bits per heavy atom. The zero-order valence-electron chi connectivity index (χ0n) is 11.5. The number of phosphoric acid groups is 1. The van der Waals surface area contributed by atoms with Crippen LogP contribution in [0.1, 0.15) is 6.92 Å². The van der Waals surface area contributed by atoms with E-state index < -0.39 is 7.82 Å². The molecule has 17 heavy (non-hydrogen) atoms. The highest BCUT2D eigenvalue weighted by atomic mass is 31.2. The van der Waals surface area contributed by atoms with Crippen LogP contribution in [-0.4, -0.2) is 70.9 Å². The van der Waals surface area contributed by atoms with Gasteiger partial charge in [-0.15, -0.1) is 0 Å². The summed E-state index contributed by atoms with van der Waals surface area (Å²) in [5, 5.41) is 0. The second-order valence-electron chi connectivity index (χ2n) is 4.14. The Labute approximate surface area is 104 Å². The second kappa shape index (κ2) is 9.03. The average molecular weight is 268 g/mol. The van der Waals surface area contributed by atoms with Crippen LogP contribution in [0.5, 0.6) is 0 Å². The van der Waals surface area contributed by atoms with Gasteiger partial charge in [0.25, 0.3) is 0 Å². The molecule has 0 unspecified atom stereocenters. The summed E-state index contributed by atoms with van der Waals surface area (Å²) in [6.07, 6.45) is 0. The molecule has 0 N–H and O–H groups in total. The number of likely N-dealkylation sites (N-methyl/N-ethyl adjacent to an activating group) is 2. The van der Waals surface area contributed by atoms with Gasteiger partial charge in [0.1, 0.15) is 0 Å². The number of rotatable bonds is 10. The monoisotopic (exact) mass is 268 g/mol. The van der Waals surface area contributed by atoms with E-state index in [9.17, 15) is 4.57 Å². The van der Waals surface area contributed by atoms with Crippen LogP contribution >= 0.6 is 7.82 Å². The normalized spacial score (nSPS) is 12.6. The summed E-state index contributed by atoms with van der Waals surface area (Å²) < 4.78 is 27.6. The third-order valence-corrected chi connectivity index (χ3v) is 3.44. The Morgan fingerprint density at radius 3 is 1.59 bits per heavy atom. The van der Waals surface area contributed by atoms with E-state index in [0.717, 1.165) is 0 Å². The minimum Gasteiger partial charge on any atom is -0.307 e. The molecular weight excluding hydrogens is 243 g/mol. The largest absolute Gasteiger partial charge is 0.474 e. The van der Waals surface area contributed by atoms with Gasteiger partial charge in [-0.25, -0.2) is 4.57 Å². The van der Waals surface area contributed by atoms with Crippen molar-refractivity contribution in [3.05, 3.63) is 0 Å². The quantitative estimate of drug-likeness (QED) is 0.556. The maximum Gasteiger partial charge on any atom is 0.474 e. The van der Waals surface area contributed by atoms with E-state index in [1.54, 1.807) is 6.92 Å². The van der Waals surface area contributed by atoms with E-state index >= 15 is 0 Å². The maximum absolute atomic E-state index is 12.1. The van der Waals surface area contributed by atoms with Crippen LogP contribution in [0.25, 0.3) is 0 Å². The molecule has 0 aliphatic rings. The van der Waals surface area contributed by atoms with Gasteiger partial charge in [0, 0.05) is 13.1 Å². The maximum atomic E-state index is 12.1. The first-order valence-electron chi connectivity index (χ1n) is 5.72. The summed E-state index contributed by atoms with van der Waals surface area (Å²) in [6.45, 7) is 4.07. The average Bonchev–Trinajstić information content (AvgIpc) is 2.16.